The SMILES string of the molecule is CN(C)C/C=C/C(=O)Nc1cccc(-c2c(I)sc3ncnc(N[C@H](COCc4cccc(F)c4)c4ccccc4)c23)c1. The molecule has 2 N–H and O–H groups in total. The summed E-state index contributed by atoms with van der Waals surface area (Å²) < 4.78 is 20.8. The zero-order valence-electron chi connectivity index (χ0n) is 23.8. The van der Waals surface area contributed by atoms with Crippen LogP contribution in [0, 0.1) is 8.70 Å². The second kappa shape index (κ2) is 14.6. The summed E-state index contributed by atoms with van der Waals surface area (Å²) in [5.41, 5.74) is 4.45. The molecule has 0 aliphatic rings. The van der Waals surface area contributed by atoms with Crippen LogP contribution >= 0.6 is 33.9 Å². The van der Waals surface area contributed by atoms with Gasteiger partial charge in [-0.1, -0.05) is 60.7 Å². The molecule has 0 saturated heterocycles. The fourth-order valence-corrected chi connectivity index (χ4v) is 6.67. The van der Waals surface area contributed by atoms with Gasteiger partial charge >= 0.3 is 0 Å². The smallest absolute Gasteiger partial charge is 0.248 e. The fraction of sp³-hybridized carbons (Fsp3) is 0.182. The van der Waals surface area contributed by atoms with Crippen LogP contribution < -0.4 is 10.6 Å². The third kappa shape index (κ3) is 8.23. The van der Waals surface area contributed by atoms with Crippen LogP contribution in [0.2, 0.25) is 0 Å². The first-order valence-electron chi connectivity index (χ1n) is 13.7. The summed E-state index contributed by atoms with van der Waals surface area (Å²) in [5.74, 6) is 0.216. The zero-order chi connectivity index (χ0) is 30.2. The first-order chi connectivity index (χ1) is 20.9. The minimum absolute atomic E-state index is 0.182. The molecule has 0 fully saturated rings. The van der Waals surface area contributed by atoms with Gasteiger partial charge in [0, 0.05) is 23.9 Å². The van der Waals surface area contributed by atoms with Crippen LogP contribution in [0.3, 0.4) is 0 Å². The number of nitrogens with zero attached hydrogens (tertiary/aromatic N) is 3. The van der Waals surface area contributed by atoms with Crippen LogP contribution in [0.1, 0.15) is 17.2 Å². The van der Waals surface area contributed by atoms with Gasteiger partial charge in [-0.2, -0.15) is 0 Å². The summed E-state index contributed by atoms with van der Waals surface area (Å²) in [6.07, 6.45) is 4.94. The lowest BCUT2D eigenvalue weighted by molar-refractivity contribution is -0.111. The molecular weight excluding hydrogens is 676 g/mol. The van der Waals surface area contributed by atoms with Crippen molar-refractivity contribution in [3.05, 3.63) is 117 Å². The van der Waals surface area contributed by atoms with Crippen LogP contribution in [0.15, 0.2) is 97.3 Å². The standard InChI is InChI=1S/C33H31FIN5O2S/c1-40(2)16-8-15-28(41)38-26-14-7-12-24(18-26)29-30-32(36-21-37-33(30)43-31(29)35)39-27(23-10-4-3-5-11-23)20-42-19-22-9-6-13-25(34)17-22/h3-15,17-18,21,27H,16,19-20H2,1-2H3,(H,38,41)(H,36,37,39)/b15-8+/t27-/m1/s1. The van der Waals surface area contributed by atoms with Crippen LogP contribution in [0.5, 0.6) is 0 Å². The normalized spacial score (nSPS) is 12.2. The molecule has 0 saturated carbocycles. The molecule has 0 radical (unpaired) electrons. The van der Waals surface area contributed by atoms with Gasteiger partial charge < -0.3 is 20.3 Å². The Bertz CT molecular complexity index is 1730. The van der Waals surface area contributed by atoms with Crippen LogP contribution in [0.25, 0.3) is 21.3 Å². The molecule has 0 bridgehead atoms. The number of hydrogen-bond acceptors (Lipinski definition) is 7. The second-order valence-electron chi connectivity index (χ2n) is 10.1. The van der Waals surface area contributed by atoms with Gasteiger partial charge in [0.1, 0.15) is 22.8 Å². The monoisotopic (exact) mass is 707 g/mol. The summed E-state index contributed by atoms with van der Waals surface area (Å²) in [7, 11) is 3.90. The molecule has 2 heterocycles. The molecule has 0 aliphatic heterocycles. The Hall–Kier alpha value is -3.71. The van der Waals surface area contributed by atoms with Crippen LogP contribution in [-0.4, -0.2) is 48.0 Å². The van der Waals surface area contributed by atoms with E-state index in [0.717, 1.165) is 35.4 Å². The molecule has 1 atom stereocenters. The van der Waals surface area contributed by atoms with Gasteiger partial charge in [0.05, 0.1) is 27.5 Å². The van der Waals surface area contributed by atoms with E-state index >= 15 is 0 Å². The molecule has 3 aromatic carbocycles. The van der Waals surface area contributed by atoms with Crippen molar-refractivity contribution >= 4 is 61.6 Å². The summed E-state index contributed by atoms with van der Waals surface area (Å²) in [6, 6.07) is 24.0. The molecule has 7 nitrogen and oxygen atoms in total. The number of carbonyl (C=O) groups is 1. The number of amides is 1. The first-order valence-corrected chi connectivity index (χ1v) is 15.6. The average Bonchev–Trinajstić information content (AvgIpc) is 3.33. The van der Waals surface area contributed by atoms with Gasteiger partial charge in [0.2, 0.25) is 5.91 Å². The number of fused-ring (bicyclic) bond motifs is 1. The lowest BCUT2D eigenvalue weighted by Gasteiger charge is -2.21. The Morgan fingerprint density at radius 3 is 2.67 bits per heavy atom. The highest BCUT2D eigenvalue weighted by Gasteiger charge is 2.21. The van der Waals surface area contributed by atoms with E-state index in [0.29, 0.717) is 24.7 Å². The number of nitrogens with one attached hydrogen (secondary N) is 2. The molecular formula is C33H31FIN5O2S. The average molecular weight is 708 g/mol. The van der Waals surface area contributed by atoms with E-state index in [4.69, 9.17) is 4.74 Å². The predicted molar refractivity (Wildman–Crippen MR) is 181 cm³/mol. The molecule has 0 aliphatic carbocycles. The van der Waals surface area contributed by atoms with Crippen molar-refractivity contribution in [3.8, 4) is 11.1 Å². The lowest BCUT2D eigenvalue weighted by Crippen LogP contribution is -2.18. The Morgan fingerprint density at radius 1 is 1.07 bits per heavy atom. The van der Waals surface area contributed by atoms with Gasteiger partial charge in [-0.15, -0.1) is 11.3 Å². The first kappa shape index (κ1) is 30.7. The van der Waals surface area contributed by atoms with E-state index < -0.39 is 0 Å². The quantitative estimate of drug-likeness (QED) is 0.103. The van der Waals surface area contributed by atoms with E-state index in [1.54, 1.807) is 29.8 Å². The number of benzene rings is 3. The van der Waals surface area contributed by atoms with Gasteiger partial charge in [0.25, 0.3) is 0 Å². The van der Waals surface area contributed by atoms with Gasteiger partial charge in [-0.25, -0.2) is 14.4 Å². The molecule has 0 spiro atoms. The molecule has 5 rings (SSSR count). The molecule has 0 unspecified atom stereocenters. The number of carbonyl (C=O) groups excluding carboxylic acids is 1. The molecule has 10 heteroatoms. The minimum atomic E-state index is -0.286. The number of anilines is 2. The van der Waals surface area contributed by atoms with Crippen molar-refractivity contribution < 1.29 is 13.9 Å². The number of ether oxygens (including phenoxy) is 1. The van der Waals surface area contributed by atoms with Crippen molar-refractivity contribution in [1.29, 1.82) is 0 Å². The summed E-state index contributed by atoms with van der Waals surface area (Å²) in [5, 5.41) is 7.47. The van der Waals surface area contributed by atoms with E-state index in [2.05, 4.69) is 43.2 Å². The predicted octanol–water partition coefficient (Wildman–Crippen LogP) is 7.53. The third-order valence-electron chi connectivity index (χ3n) is 6.56. The molecule has 2 aromatic heterocycles. The second-order valence-corrected chi connectivity index (χ2v) is 13.0. The van der Waals surface area contributed by atoms with E-state index in [-0.39, 0.29) is 24.4 Å². The molecule has 5 aromatic rings. The third-order valence-corrected chi connectivity index (χ3v) is 8.65. The van der Waals surface area contributed by atoms with Crippen molar-refractivity contribution in [2.75, 3.05) is 37.9 Å². The van der Waals surface area contributed by atoms with E-state index in [9.17, 15) is 9.18 Å². The molecule has 1 amide bonds. The Kier molecular flexibility index (Phi) is 10.5. The zero-order valence-corrected chi connectivity index (χ0v) is 26.7. The number of aromatic nitrogens is 2. The summed E-state index contributed by atoms with van der Waals surface area (Å²) >= 11 is 3.92. The highest BCUT2D eigenvalue weighted by molar-refractivity contribution is 14.1. The van der Waals surface area contributed by atoms with Crippen molar-refractivity contribution in [3.63, 3.8) is 0 Å². The van der Waals surface area contributed by atoms with E-state index in [1.807, 2.05) is 85.7 Å². The number of likely N-dealkylation sites (N-methyl/N-ethyl adjacent to an activating group) is 1. The fourth-order valence-electron chi connectivity index (χ4n) is 4.57. The van der Waals surface area contributed by atoms with Crippen LogP contribution in [0.4, 0.5) is 15.9 Å². The Morgan fingerprint density at radius 2 is 1.88 bits per heavy atom. The topological polar surface area (TPSA) is 79.4 Å². The largest absolute Gasteiger partial charge is 0.374 e. The maximum Gasteiger partial charge on any atom is 0.248 e. The molecule has 43 heavy (non-hydrogen) atoms. The number of thiophene rings is 1. The summed E-state index contributed by atoms with van der Waals surface area (Å²) in [4.78, 5) is 24.6. The van der Waals surface area contributed by atoms with Crippen LogP contribution in [-0.2, 0) is 16.1 Å². The van der Waals surface area contributed by atoms with Gasteiger partial charge in [-0.05, 0) is 77.6 Å². The maximum atomic E-state index is 13.7. The number of hydrogen-bond donors (Lipinski definition) is 2. The van der Waals surface area contributed by atoms with Crippen molar-refractivity contribution in [2.24, 2.45) is 0 Å². The number of rotatable bonds is 12. The number of halogens is 2. The maximum absolute atomic E-state index is 13.7. The lowest BCUT2D eigenvalue weighted by atomic mass is 10.0. The molecule has 220 valence electrons. The Balaban J connectivity index is 1.43. The van der Waals surface area contributed by atoms with Crippen molar-refractivity contribution in [1.82, 2.24) is 14.9 Å². The minimum Gasteiger partial charge on any atom is -0.374 e. The Labute approximate surface area is 268 Å². The van der Waals surface area contributed by atoms with Crippen molar-refractivity contribution in [2.45, 2.75) is 12.6 Å². The summed E-state index contributed by atoms with van der Waals surface area (Å²) in [6.45, 7) is 1.31. The van der Waals surface area contributed by atoms with E-state index in [1.165, 1.54) is 12.1 Å². The van der Waals surface area contributed by atoms with Gasteiger partial charge in [0.15, 0.2) is 0 Å². The van der Waals surface area contributed by atoms with Gasteiger partial charge in [-0.3, -0.25) is 4.79 Å². The highest BCUT2D eigenvalue weighted by atomic mass is 127. The highest BCUT2D eigenvalue weighted by Crippen LogP contribution is 2.42.